The van der Waals surface area contributed by atoms with Crippen molar-refractivity contribution < 1.29 is 10.2 Å². The van der Waals surface area contributed by atoms with E-state index in [0.29, 0.717) is 17.8 Å². The van der Waals surface area contributed by atoms with Crippen molar-refractivity contribution in [2.45, 2.75) is 76.4 Å². The molecule has 0 saturated heterocycles. The first-order valence-electron chi connectivity index (χ1n) is 10.9. The molecule has 3 aliphatic rings. The third-order valence-corrected chi connectivity index (χ3v) is 6.97. The van der Waals surface area contributed by atoms with Gasteiger partial charge >= 0.3 is 0 Å². The Morgan fingerprint density at radius 1 is 1.19 bits per heavy atom. The molecule has 3 nitrogen and oxygen atoms in total. The third kappa shape index (κ3) is 5.21. The molecule has 2 fully saturated rings. The lowest BCUT2D eigenvalue weighted by molar-refractivity contribution is 0.135. The van der Waals surface area contributed by atoms with E-state index < -0.39 is 0 Å². The highest BCUT2D eigenvalue weighted by Crippen LogP contribution is 2.48. The van der Waals surface area contributed by atoms with Crippen LogP contribution in [-0.4, -0.2) is 48.0 Å². The van der Waals surface area contributed by atoms with Crippen LogP contribution in [0.4, 0.5) is 0 Å². The molecule has 2 saturated carbocycles. The van der Waals surface area contributed by atoms with E-state index in [1.807, 2.05) is 6.08 Å². The Hall–Kier alpha value is -0.640. The molecule has 148 valence electrons. The van der Waals surface area contributed by atoms with Gasteiger partial charge in [-0.2, -0.15) is 0 Å². The summed E-state index contributed by atoms with van der Waals surface area (Å²) in [6.45, 7) is 1.19. The zero-order valence-electron chi connectivity index (χ0n) is 16.8. The standard InChI is InChI=1S/C23H39NO2/c1-24(2)13-7-3-4-8-17-14-19-16-23(26)20(21(19)15-17)11-12-22(25)18-9-5-6-10-18/h11-12,14,18-23,25-26H,3-10,13,15-16H2,1-2H3/t19-,20+,21-,22+,23+/m0/s1. The molecule has 0 unspecified atom stereocenters. The van der Waals surface area contributed by atoms with Crippen molar-refractivity contribution in [2.75, 3.05) is 20.6 Å². The van der Waals surface area contributed by atoms with E-state index >= 15 is 0 Å². The minimum Gasteiger partial charge on any atom is -0.392 e. The first kappa shape index (κ1) is 20.1. The van der Waals surface area contributed by atoms with Gasteiger partial charge in [-0.15, -0.1) is 0 Å². The molecule has 3 rings (SSSR count). The summed E-state index contributed by atoms with van der Waals surface area (Å²) in [5, 5.41) is 20.9. The van der Waals surface area contributed by atoms with Crippen LogP contribution in [0.25, 0.3) is 0 Å². The predicted molar refractivity (Wildman–Crippen MR) is 108 cm³/mol. The van der Waals surface area contributed by atoms with Crippen LogP contribution in [0.5, 0.6) is 0 Å². The number of allylic oxidation sites excluding steroid dienone is 2. The van der Waals surface area contributed by atoms with Gasteiger partial charge in [-0.1, -0.05) is 43.1 Å². The number of hydrogen-bond acceptors (Lipinski definition) is 3. The summed E-state index contributed by atoms with van der Waals surface area (Å²) in [5.74, 6) is 1.80. The molecule has 3 aliphatic carbocycles. The number of aliphatic hydroxyl groups excluding tert-OH is 2. The Labute approximate surface area is 160 Å². The average Bonchev–Trinajstić information content (AvgIpc) is 3.29. The third-order valence-electron chi connectivity index (χ3n) is 6.97. The number of fused-ring (bicyclic) bond motifs is 1. The molecule has 0 aliphatic heterocycles. The van der Waals surface area contributed by atoms with Crippen molar-refractivity contribution in [2.24, 2.45) is 23.7 Å². The van der Waals surface area contributed by atoms with Crippen LogP contribution in [0.2, 0.25) is 0 Å². The minimum absolute atomic E-state index is 0.227. The van der Waals surface area contributed by atoms with Gasteiger partial charge in [0, 0.05) is 5.92 Å². The lowest BCUT2D eigenvalue weighted by atomic mass is 9.88. The van der Waals surface area contributed by atoms with Crippen molar-refractivity contribution in [1.29, 1.82) is 0 Å². The number of aliphatic hydroxyl groups is 2. The maximum atomic E-state index is 10.5. The summed E-state index contributed by atoms with van der Waals surface area (Å²) < 4.78 is 0. The average molecular weight is 362 g/mol. The van der Waals surface area contributed by atoms with E-state index in [9.17, 15) is 10.2 Å². The summed E-state index contributed by atoms with van der Waals surface area (Å²) in [6.07, 6.45) is 18.1. The van der Waals surface area contributed by atoms with Crippen molar-refractivity contribution in [1.82, 2.24) is 4.90 Å². The zero-order chi connectivity index (χ0) is 18.5. The van der Waals surface area contributed by atoms with Gasteiger partial charge in [0.15, 0.2) is 0 Å². The Bertz CT molecular complexity index is 492. The quantitative estimate of drug-likeness (QED) is 0.479. The highest BCUT2D eigenvalue weighted by Gasteiger charge is 2.43. The summed E-state index contributed by atoms with van der Waals surface area (Å²) in [6, 6.07) is 0. The second-order valence-electron chi connectivity index (χ2n) is 9.27. The van der Waals surface area contributed by atoms with Crippen LogP contribution in [0.1, 0.15) is 64.2 Å². The van der Waals surface area contributed by atoms with Crippen LogP contribution in [0.3, 0.4) is 0 Å². The fraction of sp³-hybridized carbons (Fsp3) is 0.826. The highest BCUT2D eigenvalue weighted by atomic mass is 16.3. The zero-order valence-corrected chi connectivity index (χ0v) is 16.8. The van der Waals surface area contributed by atoms with E-state index in [0.717, 1.165) is 25.7 Å². The van der Waals surface area contributed by atoms with E-state index in [1.54, 1.807) is 5.57 Å². The maximum absolute atomic E-state index is 10.5. The molecular formula is C23H39NO2. The van der Waals surface area contributed by atoms with Gasteiger partial charge in [0.1, 0.15) is 0 Å². The van der Waals surface area contributed by atoms with Crippen LogP contribution in [0, 0.1) is 23.7 Å². The second kappa shape index (κ2) is 9.52. The molecule has 0 amide bonds. The van der Waals surface area contributed by atoms with Crippen LogP contribution in [0.15, 0.2) is 23.8 Å². The lowest BCUT2D eigenvalue weighted by Gasteiger charge is -2.20. The number of rotatable bonds is 9. The van der Waals surface area contributed by atoms with E-state index in [2.05, 4.69) is 31.1 Å². The maximum Gasteiger partial charge on any atom is 0.0749 e. The van der Waals surface area contributed by atoms with Gasteiger partial charge in [0.25, 0.3) is 0 Å². The van der Waals surface area contributed by atoms with Crippen LogP contribution < -0.4 is 0 Å². The monoisotopic (exact) mass is 361 g/mol. The number of nitrogens with zero attached hydrogens (tertiary/aromatic N) is 1. The Morgan fingerprint density at radius 3 is 2.69 bits per heavy atom. The van der Waals surface area contributed by atoms with Crippen LogP contribution >= 0.6 is 0 Å². The first-order chi connectivity index (χ1) is 12.5. The van der Waals surface area contributed by atoms with Gasteiger partial charge in [0.2, 0.25) is 0 Å². The van der Waals surface area contributed by atoms with Gasteiger partial charge in [0.05, 0.1) is 12.2 Å². The van der Waals surface area contributed by atoms with Crippen LogP contribution in [-0.2, 0) is 0 Å². The lowest BCUT2D eigenvalue weighted by Crippen LogP contribution is -2.19. The summed E-state index contributed by atoms with van der Waals surface area (Å²) >= 11 is 0. The fourth-order valence-electron chi connectivity index (χ4n) is 5.45. The SMILES string of the molecule is CN(C)CCCCCC1=C[C@H]2C[C@@H](O)[C@H](C=C[C@@H](O)C3CCCC3)[C@H]2C1. The van der Waals surface area contributed by atoms with E-state index in [-0.39, 0.29) is 18.1 Å². The van der Waals surface area contributed by atoms with Crippen molar-refractivity contribution in [3.8, 4) is 0 Å². The Balaban J connectivity index is 1.45. The highest BCUT2D eigenvalue weighted by molar-refractivity contribution is 5.21. The smallest absolute Gasteiger partial charge is 0.0749 e. The Morgan fingerprint density at radius 2 is 1.96 bits per heavy atom. The van der Waals surface area contributed by atoms with Crippen molar-refractivity contribution in [3.63, 3.8) is 0 Å². The molecular weight excluding hydrogens is 322 g/mol. The first-order valence-corrected chi connectivity index (χ1v) is 10.9. The molecule has 0 aromatic carbocycles. The van der Waals surface area contributed by atoms with Crippen molar-refractivity contribution >= 4 is 0 Å². The van der Waals surface area contributed by atoms with Gasteiger partial charge in [-0.3, -0.25) is 0 Å². The molecule has 26 heavy (non-hydrogen) atoms. The molecule has 0 radical (unpaired) electrons. The van der Waals surface area contributed by atoms with E-state index in [1.165, 1.54) is 45.1 Å². The van der Waals surface area contributed by atoms with Crippen molar-refractivity contribution in [3.05, 3.63) is 23.8 Å². The molecule has 0 aromatic rings. The summed E-state index contributed by atoms with van der Waals surface area (Å²) in [4.78, 5) is 2.26. The topological polar surface area (TPSA) is 43.7 Å². The number of hydrogen-bond donors (Lipinski definition) is 2. The summed E-state index contributed by atoms with van der Waals surface area (Å²) in [7, 11) is 4.28. The van der Waals surface area contributed by atoms with Gasteiger partial charge in [-0.25, -0.2) is 0 Å². The largest absolute Gasteiger partial charge is 0.392 e. The molecule has 0 spiro atoms. The van der Waals surface area contributed by atoms with Gasteiger partial charge in [-0.05, 0) is 83.3 Å². The molecule has 0 heterocycles. The molecule has 3 heteroatoms. The van der Waals surface area contributed by atoms with Gasteiger partial charge < -0.3 is 15.1 Å². The molecule has 2 N–H and O–H groups in total. The summed E-state index contributed by atoms with van der Waals surface area (Å²) in [5.41, 5.74) is 1.62. The second-order valence-corrected chi connectivity index (χ2v) is 9.27. The predicted octanol–water partition coefficient (Wildman–Crippen LogP) is 4.16. The molecule has 5 atom stereocenters. The fourth-order valence-corrected chi connectivity index (χ4v) is 5.45. The number of unbranched alkanes of at least 4 members (excludes halogenated alkanes) is 2. The molecule has 0 bridgehead atoms. The van der Waals surface area contributed by atoms with E-state index in [4.69, 9.17) is 0 Å². The minimum atomic E-state index is -0.311. The normalized spacial score (nSPS) is 33.3. The molecule has 0 aromatic heterocycles. The Kier molecular flexibility index (Phi) is 7.36.